The van der Waals surface area contributed by atoms with Crippen LogP contribution in [0.1, 0.15) is 51.7 Å². The highest BCUT2D eigenvalue weighted by atomic mass is 32.2. The summed E-state index contributed by atoms with van der Waals surface area (Å²) in [4.78, 5) is 15.2. The molecule has 0 bridgehead atoms. The number of sulfone groups is 1. The summed E-state index contributed by atoms with van der Waals surface area (Å²) in [7, 11) is -3.51. The van der Waals surface area contributed by atoms with Crippen LogP contribution in [-0.2, 0) is 21.2 Å². The van der Waals surface area contributed by atoms with Crippen molar-refractivity contribution in [3.8, 4) is 0 Å². The van der Waals surface area contributed by atoms with Crippen molar-refractivity contribution in [2.24, 2.45) is 5.92 Å². The molecule has 1 amide bonds. The average molecular weight is 544 g/mol. The van der Waals surface area contributed by atoms with Crippen molar-refractivity contribution < 1.29 is 26.4 Å². The molecular formula is C27H40F3N3O3S. The van der Waals surface area contributed by atoms with Gasteiger partial charge in [0.15, 0.2) is 9.84 Å². The van der Waals surface area contributed by atoms with Crippen LogP contribution in [0.2, 0.25) is 0 Å². The molecule has 6 nitrogen and oxygen atoms in total. The lowest BCUT2D eigenvalue weighted by Gasteiger charge is -2.28. The van der Waals surface area contributed by atoms with Gasteiger partial charge in [0.1, 0.15) is 0 Å². The number of alkyl halides is 3. The van der Waals surface area contributed by atoms with Gasteiger partial charge in [-0.25, -0.2) is 8.42 Å². The van der Waals surface area contributed by atoms with Gasteiger partial charge >= 0.3 is 6.18 Å². The lowest BCUT2D eigenvalue weighted by molar-refractivity contribution is -0.164. The topological polar surface area (TPSA) is 78.5 Å². The molecule has 2 rings (SSSR count). The van der Waals surface area contributed by atoms with Crippen LogP contribution in [0.4, 0.5) is 13.2 Å². The number of amides is 1. The van der Waals surface area contributed by atoms with Crippen LogP contribution in [0.5, 0.6) is 0 Å². The standard InChI is InChI=1S/C27H40F3N3O3S/c1-6-13-33(19(3)4)14-12-31-17-22-10-9-21(16-24(22)27(28,29)30)26(34)32-18-23-15-20(5)8-11-25(23)37(35,36)7-2/h8-11,15,19,24,31H,6-7,12-14,16-18H2,1-5H3,(H,32,34). The molecule has 0 spiro atoms. The summed E-state index contributed by atoms with van der Waals surface area (Å²) >= 11 is 0. The Balaban J connectivity index is 2.09. The Kier molecular flexibility index (Phi) is 11.4. The summed E-state index contributed by atoms with van der Waals surface area (Å²) in [5.41, 5.74) is 1.45. The fourth-order valence-electron chi connectivity index (χ4n) is 4.38. The van der Waals surface area contributed by atoms with Gasteiger partial charge in [-0.1, -0.05) is 43.7 Å². The van der Waals surface area contributed by atoms with E-state index in [2.05, 4.69) is 36.3 Å². The second-order valence-corrected chi connectivity index (χ2v) is 12.0. The molecule has 1 unspecified atom stereocenters. The van der Waals surface area contributed by atoms with Crippen molar-refractivity contribution in [1.82, 2.24) is 15.5 Å². The van der Waals surface area contributed by atoms with Gasteiger partial charge < -0.3 is 10.6 Å². The van der Waals surface area contributed by atoms with Crippen molar-refractivity contribution in [3.63, 3.8) is 0 Å². The molecule has 2 N–H and O–H groups in total. The first-order valence-electron chi connectivity index (χ1n) is 12.8. The van der Waals surface area contributed by atoms with E-state index in [1.54, 1.807) is 19.1 Å². The van der Waals surface area contributed by atoms with Gasteiger partial charge in [-0.3, -0.25) is 9.69 Å². The van der Waals surface area contributed by atoms with E-state index in [4.69, 9.17) is 0 Å². The van der Waals surface area contributed by atoms with Gasteiger partial charge in [0.05, 0.1) is 16.6 Å². The lowest BCUT2D eigenvalue weighted by atomic mass is 9.86. The Labute approximate surface area is 219 Å². The number of benzene rings is 1. The number of allylic oxidation sites excluding steroid dienone is 2. The largest absolute Gasteiger partial charge is 0.395 e. The van der Waals surface area contributed by atoms with E-state index in [-0.39, 0.29) is 34.9 Å². The maximum absolute atomic E-state index is 13.9. The van der Waals surface area contributed by atoms with E-state index < -0.39 is 34.3 Å². The zero-order valence-corrected chi connectivity index (χ0v) is 23.2. The monoisotopic (exact) mass is 543 g/mol. The van der Waals surface area contributed by atoms with Crippen molar-refractivity contribution in [3.05, 3.63) is 52.6 Å². The van der Waals surface area contributed by atoms with Crippen LogP contribution >= 0.6 is 0 Å². The van der Waals surface area contributed by atoms with Gasteiger partial charge in [-0.2, -0.15) is 13.2 Å². The third-order valence-electron chi connectivity index (χ3n) is 6.57. The van der Waals surface area contributed by atoms with Crippen LogP contribution in [-0.4, -0.2) is 63.4 Å². The minimum Gasteiger partial charge on any atom is -0.348 e. The number of carbonyl (C=O) groups is 1. The zero-order chi connectivity index (χ0) is 27.8. The minimum atomic E-state index is -4.49. The smallest absolute Gasteiger partial charge is 0.348 e. The number of nitrogens with zero attached hydrogens (tertiary/aromatic N) is 1. The Bertz CT molecular complexity index is 1100. The fraction of sp³-hybridized carbons (Fsp3) is 0.593. The quantitative estimate of drug-likeness (QED) is 0.357. The molecule has 1 aromatic carbocycles. The number of rotatable bonds is 13. The molecule has 0 radical (unpaired) electrons. The number of aryl methyl sites for hydroxylation is 1. The highest BCUT2D eigenvalue weighted by Crippen LogP contribution is 2.38. The van der Waals surface area contributed by atoms with Gasteiger partial charge in [0.2, 0.25) is 5.91 Å². The Hall–Kier alpha value is -2.17. The molecule has 0 heterocycles. The van der Waals surface area contributed by atoms with Crippen molar-refractivity contribution in [2.75, 3.05) is 31.9 Å². The third kappa shape index (κ3) is 8.97. The van der Waals surface area contributed by atoms with Crippen molar-refractivity contribution >= 4 is 15.7 Å². The minimum absolute atomic E-state index is 0.0209. The summed E-state index contributed by atoms with van der Waals surface area (Å²) in [5.74, 6) is -2.48. The van der Waals surface area contributed by atoms with Crippen LogP contribution in [0.25, 0.3) is 0 Å². The molecule has 1 atom stereocenters. The first-order valence-corrected chi connectivity index (χ1v) is 14.5. The molecule has 0 aliphatic heterocycles. The first-order chi connectivity index (χ1) is 17.3. The number of carbonyl (C=O) groups excluding carboxylic acids is 1. The molecule has 1 aromatic rings. The highest BCUT2D eigenvalue weighted by molar-refractivity contribution is 7.91. The molecule has 0 saturated carbocycles. The SMILES string of the molecule is CCCN(CCNCC1=CC=C(C(=O)NCc2cc(C)ccc2S(=O)(=O)CC)CC1C(F)(F)F)C(C)C. The van der Waals surface area contributed by atoms with Crippen LogP contribution < -0.4 is 10.6 Å². The molecule has 0 fully saturated rings. The van der Waals surface area contributed by atoms with Gasteiger partial charge in [-0.15, -0.1) is 0 Å². The van der Waals surface area contributed by atoms with Crippen LogP contribution in [0.15, 0.2) is 46.4 Å². The van der Waals surface area contributed by atoms with E-state index in [1.807, 2.05) is 0 Å². The molecule has 208 valence electrons. The summed E-state index contributed by atoms with van der Waals surface area (Å²) < 4.78 is 66.5. The predicted octanol–water partition coefficient (Wildman–Crippen LogP) is 4.55. The maximum atomic E-state index is 13.9. The van der Waals surface area contributed by atoms with Crippen LogP contribution in [0.3, 0.4) is 0 Å². The number of hydrogen-bond acceptors (Lipinski definition) is 5. The van der Waals surface area contributed by atoms with Gasteiger partial charge in [0.25, 0.3) is 0 Å². The summed E-state index contributed by atoms with van der Waals surface area (Å²) in [6.07, 6.45) is -1.11. The predicted molar refractivity (Wildman–Crippen MR) is 141 cm³/mol. The molecule has 1 aliphatic carbocycles. The molecule has 10 heteroatoms. The van der Waals surface area contributed by atoms with Crippen molar-refractivity contribution in [2.45, 2.75) is 71.1 Å². The summed E-state index contributed by atoms with van der Waals surface area (Å²) in [6, 6.07) is 5.21. The second-order valence-electron chi connectivity index (χ2n) is 9.74. The fourth-order valence-corrected chi connectivity index (χ4v) is 5.50. The Morgan fingerprint density at radius 1 is 1.14 bits per heavy atom. The molecular weight excluding hydrogens is 503 g/mol. The first kappa shape index (κ1) is 31.1. The second kappa shape index (κ2) is 13.6. The maximum Gasteiger partial charge on any atom is 0.395 e. The van der Waals surface area contributed by atoms with E-state index in [1.165, 1.54) is 25.1 Å². The number of halogens is 3. The van der Waals surface area contributed by atoms with Crippen LogP contribution in [0, 0.1) is 12.8 Å². The van der Waals surface area contributed by atoms with Gasteiger partial charge in [-0.05, 0) is 57.4 Å². The molecule has 1 aliphatic rings. The Morgan fingerprint density at radius 2 is 1.84 bits per heavy atom. The molecule has 0 saturated heterocycles. The van der Waals surface area contributed by atoms with E-state index in [9.17, 15) is 26.4 Å². The van der Waals surface area contributed by atoms with Crippen molar-refractivity contribution in [1.29, 1.82) is 0 Å². The third-order valence-corrected chi connectivity index (χ3v) is 8.40. The normalized spacial score (nSPS) is 16.6. The summed E-state index contributed by atoms with van der Waals surface area (Å²) in [5, 5.41) is 5.74. The van der Waals surface area contributed by atoms with E-state index in [0.717, 1.165) is 25.1 Å². The Morgan fingerprint density at radius 3 is 2.43 bits per heavy atom. The molecule has 0 aromatic heterocycles. The van der Waals surface area contributed by atoms with Gasteiger partial charge in [0, 0.05) is 37.8 Å². The summed E-state index contributed by atoms with van der Waals surface area (Å²) in [6.45, 7) is 11.9. The highest BCUT2D eigenvalue weighted by Gasteiger charge is 2.43. The number of nitrogens with one attached hydrogen (secondary N) is 2. The lowest BCUT2D eigenvalue weighted by Crippen LogP contribution is -2.39. The molecule has 37 heavy (non-hydrogen) atoms. The zero-order valence-electron chi connectivity index (χ0n) is 22.4. The number of hydrogen-bond donors (Lipinski definition) is 2. The van der Waals surface area contributed by atoms with E-state index >= 15 is 0 Å². The van der Waals surface area contributed by atoms with E-state index in [0.29, 0.717) is 18.2 Å². The average Bonchev–Trinajstić information content (AvgIpc) is 2.83.